The molecule has 0 radical (unpaired) electrons. The molecule has 0 atom stereocenters. The summed E-state index contributed by atoms with van der Waals surface area (Å²) < 4.78 is 3.88. The van der Waals surface area contributed by atoms with Crippen LogP contribution in [0.5, 0.6) is 0 Å². The molecule has 0 bridgehead atoms. The van der Waals surface area contributed by atoms with Gasteiger partial charge in [-0.25, -0.2) is 4.98 Å². The van der Waals surface area contributed by atoms with Crippen LogP contribution in [0.25, 0.3) is 5.65 Å². The average molecular weight is 255 g/mol. The molecule has 0 spiro atoms. The molecule has 0 aromatic carbocycles. The van der Waals surface area contributed by atoms with Crippen LogP contribution in [0.1, 0.15) is 17.0 Å². The van der Waals surface area contributed by atoms with Gasteiger partial charge in [0.1, 0.15) is 5.65 Å². The summed E-state index contributed by atoms with van der Waals surface area (Å²) in [5.74, 6) is 0. The van der Waals surface area contributed by atoms with Crippen molar-refractivity contribution in [3.63, 3.8) is 0 Å². The number of rotatable bonds is 4. The van der Waals surface area contributed by atoms with E-state index in [-0.39, 0.29) is 0 Å². The zero-order valence-electron chi connectivity index (χ0n) is 11.2. The van der Waals surface area contributed by atoms with E-state index >= 15 is 0 Å². The maximum atomic E-state index is 4.55. The molecule has 1 N–H and O–H groups in total. The van der Waals surface area contributed by atoms with Crippen LogP contribution in [0.4, 0.5) is 0 Å². The monoisotopic (exact) mass is 255 g/mol. The summed E-state index contributed by atoms with van der Waals surface area (Å²) in [4.78, 5) is 4.55. The van der Waals surface area contributed by atoms with Crippen molar-refractivity contribution in [2.75, 3.05) is 0 Å². The summed E-state index contributed by atoms with van der Waals surface area (Å²) >= 11 is 0. The number of pyridine rings is 1. The normalized spacial score (nSPS) is 11.3. The molecular weight excluding hydrogens is 238 g/mol. The number of nitrogens with zero attached hydrogens (tertiary/aromatic N) is 4. The van der Waals surface area contributed by atoms with Crippen molar-refractivity contribution in [3.05, 3.63) is 53.7 Å². The molecule has 98 valence electrons. The van der Waals surface area contributed by atoms with Crippen molar-refractivity contribution in [1.29, 1.82) is 0 Å². The van der Waals surface area contributed by atoms with Gasteiger partial charge in [0.2, 0.25) is 0 Å². The molecule has 0 saturated carbocycles. The minimum Gasteiger partial charge on any atom is -0.307 e. The highest BCUT2D eigenvalue weighted by Gasteiger charge is 2.04. The van der Waals surface area contributed by atoms with E-state index < -0.39 is 0 Å². The van der Waals surface area contributed by atoms with Crippen LogP contribution in [0, 0.1) is 6.92 Å². The van der Waals surface area contributed by atoms with Crippen LogP contribution in [0.15, 0.2) is 36.8 Å². The molecule has 5 nitrogen and oxygen atoms in total. The number of nitrogens with one attached hydrogen (secondary N) is 1. The molecule has 3 rings (SSSR count). The van der Waals surface area contributed by atoms with Crippen LogP contribution >= 0.6 is 0 Å². The molecule has 0 amide bonds. The van der Waals surface area contributed by atoms with E-state index in [2.05, 4.69) is 21.6 Å². The summed E-state index contributed by atoms with van der Waals surface area (Å²) in [6.45, 7) is 3.60. The second kappa shape index (κ2) is 4.85. The highest BCUT2D eigenvalue weighted by molar-refractivity contribution is 5.39. The molecule has 5 heteroatoms. The second-order valence-corrected chi connectivity index (χ2v) is 4.72. The Morgan fingerprint density at radius 3 is 2.84 bits per heavy atom. The fourth-order valence-corrected chi connectivity index (χ4v) is 2.22. The first-order valence-electron chi connectivity index (χ1n) is 6.35. The van der Waals surface area contributed by atoms with E-state index in [1.165, 1.54) is 5.56 Å². The topological polar surface area (TPSA) is 47.2 Å². The largest absolute Gasteiger partial charge is 0.307 e. The minimum atomic E-state index is 0.760. The fraction of sp³-hybridized carbons (Fsp3) is 0.286. The first-order valence-corrected chi connectivity index (χ1v) is 6.35. The van der Waals surface area contributed by atoms with Gasteiger partial charge >= 0.3 is 0 Å². The smallest absolute Gasteiger partial charge is 0.137 e. The lowest BCUT2D eigenvalue weighted by Crippen LogP contribution is -2.13. The highest BCUT2D eigenvalue weighted by atomic mass is 15.2. The van der Waals surface area contributed by atoms with Crippen molar-refractivity contribution in [1.82, 2.24) is 24.5 Å². The number of imidazole rings is 1. The van der Waals surface area contributed by atoms with Crippen LogP contribution in [0.3, 0.4) is 0 Å². The van der Waals surface area contributed by atoms with Gasteiger partial charge in [-0.15, -0.1) is 0 Å². The van der Waals surface area contributed by atoms with Gasteiger partial charge in [0.05, 0.1) is 11.4 Å². The maximum absolute atomic E-state index is 4.55. The van der Waals surface area contributed by atoms with Crippen molar-refractivity contribution in [2.45, 2.75) is 20.0 Å². The number of fused-ring (bicyclic) bond motifs is 1. The zero-order valence-corrected chi connectivity index (χ0v) is 11.2. The van der Waals surface area contributed by atoms with Gasteiger partial charge in [0, 0.05) is 44.3 Å². The van der Waals surface area contributed by atoms with E-state index in [1.54, 1.807) is 0 Å². The second-order valence-electron chi connectivity index (χ2n) is 4.72. The maximum Gasteiger partial charge on any atom is 0.137 e. The van der Waals surface area contributed by atoms with E-state index in [4.69, 9.17) is 0 Å². The molecule has 3 aromatic heterocycles. The SMILES string of the molecule is Cc1nn(C)cc1CNCc1cn2ccccc2n1. The predicted molar refractivity (Wildman–Crippen MR) is 73.7 cm³/mol. The molecule has 0 unspecified atom stereocenters. The quantitative estimate of drug-likeness (QED) is 0.771. The molecule has 19 heavy (non-hydrogen) atoms. The van der Waals surface area contributed by atoms with Gasteiger partial charge in [-0.3, -0.25) is 4.68 Å². The third-order valence-electron chi connectivity index (χ3n) is 3.15. The summed E-state index contributed by atoms with van der Waals surface area (Å²) in [6.07, 6.45) is 6.11. The minimum absolute atomic E-state index is 0.760. The van der Waals surface area contributed by atoms with Crippen LogP contribution in [-0.4, -0.2) is 19.2 Å². The Morgan fingerprint density at radius 2 is 2.11 bits per heavy atom. The zero-order chi connectivity index (χ0) is 13.2. The molecule has 0 aliphatic rings. The molecule has 0 aliphatic heterocycles. The molecule has 3 heterocycles. The Hall–Kier alpha value is -2.14. The highest BCUT2D eigenvalue weighted by Crippen LogP contribution is 2.06. The molecule has 0 saturated heterocycles. The summed E-state index contributed by atoms with van der Waals surface area (Å²) in [7, 11) is 1.94. The van der Waals surface area contributed by atoms with E-state index in [9.17, 15) is 0 Å². The number of aryl methyl sites for hydroxylation is 2. The van der Waals surface area contributed by atoms with Crippen molar-refractivity contribution < 1.29 is 0 Å². The summed E-state index contributed by atoms with van der Waals surface area (Å²) in [5.41, 5.74) is 4.33. The Labute approximate surface area is 111 Å². The molecule has 3 aromatic rings. The van der Waals surface area contributed by atoms with Crippen molar-refractivity contribution >= 4 is 5.65 Å². The lowest BCUT2D eigenvalue weighted by molar-refractivity contribution is 0.680. The van der Waals surface area contributed by atoms with Crippen molar-refractivity contribution in [2.24, 2.45) is 7.05 Å². The van der Waals surface area contributed by atoms with E-state index in [0.29, 0.717) is 0 Å². The predicted octanol–water partition coefficient (Wildman–Crippen LogP) is 1.67. The standard InChI is InChI=1S/C14H17N5/c1-11-12(9-18(2)17-11)7-15-8-13-10-19-6-4-3-5-14(19)16-13/h3-6,9-10,15H,7-8H2,1-2H3. The first-order chi connectivity index (χ1) is 9.22. The van der Waals surface area contributed by atoms with Crippen LogP contribution in [0.2, 0.25) is 0 Å². The van der Waals surface area contributed by atoms with E-state index in [1.807, 2.05) is 53.6 Å². The Kier molecular flexibility index (Phi) is 3.05. The number of aromatic nitrogens is 4. The first kappa shape index (κ1) is 11.9. The van der Waals surface area contributed by atoms with Crippen LogP contribution < -0.4 is 5.32 Å². The third-order valence-corrected chi connectivity index (χ3v) is 3.15. The Balaban J connectivity index is 1.64. The lowest BCUT2D eigenvalue weighted by atomic mass is 10.2. The average Bonchev–Trinajstić information content (AvgIpc) is 2.92. The third kappa shape index (κ3) is 2.51. The fourth-order valence-electron chi connectivity index (χ4n) is 2.22. The van der Waals surface area contributed by atoms with Crippen molar-refractivity contribution in [3.8, 4) is 0 Å². The Bertz CT molecular complexity index is 662. The van der Waals surface area contributed by atoms with Gasteiger partial charge in [-0.1, -0.05) is 6.07 Å². The number of hydrogen-bond acceptors (Lipinski definition) is 3. The van der Waals surface area contributed by atoms with Gasteiger partial charge < -0.3 is 9.72 Å². The van der Waals surface area contributed by atoms with Crippen LogP contribution in [-0.2, 0) is 20.1 Å². The molecule has 0 fully saturated rings. The number of hydrogen-bond donors (Lipinski definition) is 1. The summed E-state index contributed by atoms with van der Waals surface area (Å²) in [5, 5.41) is 7.73. The van der Waals surface area contributed by atoms with Gasteiger partial charge in [0.15, 0.2) is 0 Å². The molecular formula is C14H17N5. The van der Waals surface area contributed by atoms with Gasteiger partial charge in [-0.05, 0) is 19.1 Å². The van der Waals surface area contributed by atoms with Gasteiger partial charge in [-0.2, -0.15) is 5.10 Å². The lowest BCUT2D eigenvalue weighted by Gasteiger charge is -2.00. The van der Waals surface area contributed by atoms with E-state index in [0.717, 1.165) is 30.1 Å². The summed E-state index contributed by atoms with van der Waals surface area (Å²) in [6, 6.07) is 6.01. The Morgan fingerprint density at radius 1 is 1.21 bits per heavy atom. The molecule has 0 aliphatic carbocycles. The van der Waals surface area contributed by atoms with Gasteiger partial charge in [0.25, 0.3) is 0 Å².